The van der Waals surface area contributed by atoms with Crippen LogP contribution < -0.4 is 10.1 Å². The van der Waals surface area contributed by atoms with E-state index in [-0.39, 0.29) is 0 Å². The van der Waals surface area contributed by atoms with E-state index >= 15 is 0 Å². The number of aliphatic hydroxyl groups is 1. The molecule has 1 aromatic rings. The summed E-state index contributed by atoms with van der Waals surface area (Å²) in [6.07, 6.45) is -0.461. The first-order valence-electron chi connectivity index (χ1n) is 5.91. The monoisotopic (exact) mass is 238 g/mol. The molecule has 2 N–H and O–H groups in total. The van der Waals surface area contributed by atoms with Gasteiger partial charge in [0.15, 0.2) is 0 Å². The number of ether oxygens (including phenoxy) is 1. The van der Waals surface area contributed by atoms with Crippen LogP contribution in [0.3, 0.4) is 0 Å². The molecule has 0 amide bonds. The van der Waals surface area contributed by atoms with Crippen molar-refractivity contribution in [3.8, 4) is 5.75 Å². The smallest absolute Gasteiger partial charge is 0.119 e. The van der Waals surface area contributed by atoms with Gasteiger partial charge in [-0.1, -0.05) is 18.2 Å². The summed E-state index contributed by atoms with van der Waals surface area (Å²) < 4.78 is 5.48. The second kappa shape index (κ2) is 8.06. The largest absolute Gasteiger partial charge is 0.491 e. The number of nitrogens with one attached hydrogen (secondary N) is 1. The molecule has 0 spiro atoms. The quantitative estimate of drug-likeness (QED) is 0.695. The second-order valence-electron chi connectivity index (χ2n) is 4.14. The minimum atomic E-state index is -0.461. The molecule has 96 valence electrons. The predicted octanol–water partition coefficient (Wildman–Crippen LogP) is 0.578. The maximum Gasteiger partial charge on any atom is 0.119 e. The maximum absolute atomic E-state index is 9.79. The van der Waals surface area contributed by atoms with E-state index in [0.717, 1.165) is 18.8 Å². The summed E-state index contributed by atoms with van der Waals surface area (Å²) in [5, 5.41) is 12.9. The molecule has 0 heterocycles. The fraction of sp³-hybridized carbons (Fsp3) is 0.538. The van der Waals surface area contributed by atoms with Crippen LogP contribution in [0.4, 0.5) is 0 Å². The Morgan fingerprint density at radius 3 is 2.71 bits per heavy atom. The standard InChI is InChI=1S/C13H22N2O2/c1-14-8-9-15(2)10-12(16)11-17-13-6-4-3-5-7-13/h3-7,12,14,16H,8-11H2,1-2H3. The highest BCUT2D eigenvalue weighted by Crippen LogP contribution is 2.08. The Kier molecular flexibility index (Phi) is 6.62. The Bertz CT molecular complexity index is 293. The van der Waals surface area contributed by atoms with Gasteiger partial charge in [-0.2, -0.15) is 0 Å². The lowest BCUT2D eigenvalue weighted by Gasteiger charge is -2.20. The summed E-state index contributed by atoms with van der Waals surface area (Å²) in [5.41, 5.74) is 0. The molecule has 1 unspecified atom stereocenters. The van der Waals surface area contributed by atoms with Gasteiger partial charge in [0.2, 0.25) is 0 Å². The lowest BCUT2D eigenvalue weighted by atomic mass is 10.3. The molecule has 0 aliphatic heterocycles. The highest BCUT2D eigenvalue weighted by atomic mass is 16.5. The Balaban J connectivity index is 2.19. The van der Waals surface area contributed by atoms with Crippen LogP contribution in [0, 0.1) is 0 Å². The molecule has 1 rings (SSSR count). The molecule has 0 saturated carbocycles. The predicted molar refractivity (Wildman–Crippen MR) is 69.4 cm³/mol. The fourth-order valence-corrected chi connectivity index (χ4v) is 1.52. The Morgan fingerprint density at radius 2 is 2.06 bits per heavy atom. The summed E-state index contributed by atoms with van der Waals surface area (Å²) in [4.78, 5) is 2.08. The minimum Gasteiger partial charge on any atom is -0.491 e. The van der Waals surface area contributed by atoms with Crippen molar-refractivity contribution >= 4 is 0 Å². The van der Waals surface area contributed by atoms with Gasteiger partial charge in [0, 0.05) is 19.6 Å². The third-order valence-electron chi connectivity index (χ3n) is 2.45. The topological polar surface area (TPSA) is 44.7 Å². The van der Waals surface area contributed by atoms with Gasteiger partial charge in [0.05, 0.1) is 0 Å². The highest BCUT2D eigenvalue weighted by molar-refractivity contribution is 5.20. The van der Waals surface area contributed by atoms with Crippen molar-refractivity contribution in [3.63, 3.8) is 0 Å². The van der Waals surface area contributed by atoms with Crippen molar-refractivity contribution in [2.24, 2.45) is 0 Å². The summed E-state index contributed by atoms with van der Waals surface area (Å²) in [7, 11) is 3.91. The van der Waals surface area contributed by atoms with Crippen LogP contribution in [0.2, 0.25) is 0 Å². The van der Waals surface area contributed by atoms with Crippen molar-refractivity contribution < 1.29 is 9.84 Å². The van der Waals surface area contributed by atoms with Crippen LogP contribution in [0.1, 0.15) is 0 Å². The SMILES string of the molecule is CNCCN(C)CC(O)COc1ccccc1. The van der Waals surface area contributed by atoms with Crippen LogP contribution in [-0.4, -0.2) is 56.4 Å². The van der Waals surface area contributed by atoms with E-state index < -0.39 is 6.10 Å². The van der Waals surface area contributed by atoms with Crippen molar-refractivity contribution in [1.82, 2.24) is 10.2 Å². The number of rotatable bonds is 8. The number of benzene rings is 1. The van der Waals surface area contributed by atoms with Crippen LogP contribution in [0.15, 0.2) is 30.3 Å². The van der Waals surface area contributed by atoms with E-state index in [4.69, 9.17) is 4.74 Å². The molecule has 1 atom stereocenters. The summed E-state index contributed by atoms with van der Waals surface area (Å²) >= 11 is 0. The van der Waals surface area contributed by atoms with Gasteiger partial charge in [0.1, 0.15) is 18.5 Å². The molecule has 17 heavy (non-hydrogen) atoms. The molecule has 0 bridgehead atoms. The molecule has 0 aromatic heterocycles. The van der Waals surface area contributed by atoms with Crippen LogP contribution in [-0.2, 0) is 0 Å². The highest BCUT2D eigenvalue weighted by Gasteiger charge is 2.08. The lowest BCUT2D eigenvalue weighted by Crippen LogP contribution is -2.36. The number of likely N-dealkylation sites (N-methyl/N-ethyl adjacent to an activating group) is 2. The number of para-hydroxylation sites is 1. The second-order valence-corrected chi connectivity index (χ2v) is 4.14. The zero-order valence-corrected chi connectivity index (χ0v) is 10.6. The molecular weight excluding hydrogens is 216 g/mol. The average Bonchev–Trinajstić information content (AvgIpc) is 2.35. The van der Waals surface area contributed by atoms with Crippen LogP contribution in [0.25, 0.3) is 0 Å². The fourth-order valence-electron chi connectivity index (χ4n) is 1.52. The van der Waals surface area contributed by atoms with Gasteiger partial charge in [0.25, 0.3) is 0 Å². The zero-order valence-electron chi connectivity index (χ0n) is 10.6. The molecule has 0 saturated heterocycles. The molecule has 0 radical (unpaired) electrons. The zero-order chi connectivity index (χ0) is 12.5. The molecule has 4 nitrogen and oxygen atoms in total. The van der Waals surface area contributed by atoms with Gasteiger partial charge >= 0.3 is 0 Å². The summed E-state index contributed by atoms with van der Waals surface area (Å²) in [6.45, 7) is 2.78. The maximum atomic E-state index is 9.79. The van der Waals surface area contributed by atoms with Gasteiger partial charge < -0.3 is 20.1 Å². The average molecular weight is 238 g/mol. The molecule has 0 aliphatic carbocycles. The molecule has 0 aliphatic rings. The van der Waals surface area contributed by atoms with Crippen molar-refractivity contribution in [2.75, 3.05) is 40.3 Å². The Morgan fingerprint density at radius 1 is 1.35 bits per heavy atom. The van der Waals surface area contributed by atoms with Crippen LogP contribution in [0.5, 0.6) is 5.75 Å². The molecular formula is C13H22N2O2. The third kappa shape index (κ3) is 6.26. The van der Waals surface area contributed by atoms with Crippen molar-refractivity contribution in [1.29, 1.82) is 0 Å². The van der Waals surface area contributed by atoms with E-state index in [1.165, 1.54) is 0 Å². The van der Waals surface area contributed by atoms with Gasteiger partial charge in [-0.05, 0) is 26.2 Å². The van der Waals surface area contributed by atoms with E-state index in [1.54, 1.807) is 0 Å². The normalized spacial score (nSPS) is 12.7. The molecule has 0 fully saturated rings. The van der Waals surface area contributed by atoms with Crippen molar-refractivity contribution in [3.05, 3.63) is 30.3 Å². The van der Waals surface area contributed by atoms with Gasteiger partial charge in [-0.25, -0.2) is 0 Å². The number of hydrogen-bond donors (Lipinski definition) is 2. The van der Waals surface area contributed by atoms with E-state index in [2.05, 4.69) is 10.2 Å². The molecule has 1 aromatic carbocycles. The van der Waals surface area contributed by atoms with Gasteiger partial charge in [-0.3, -0.25) is 0 Å². The summed E-state index contributed by atoms with van der Waals surface area (Å²) in [5.74, 6) is 0.796. The first-order valence-corrected chi connectivity index (χ1v) is 5.91. The van der Waals surface area contributed by atoms with E-state index in [0.29, 0.717) is 13.2 Å². The number of aliphatic hydroxyl groups excluding tert-OH is 1. The summed E-state index contributed by atoms with van der Waals surface area (Å²) in [6, 6.07) is 9.55. The van der Waals surface area contributed by atoms with Crippen molar-refractivity contribution in [2.45, 2.75) is 6.10 Å². The minimum absolute atomic E-state index is 0.327. The number of hydrogen-bond acceptors (Lipinski definition) is 4. The Labute approximate surface area is 103 Å². The molecule has 4 heteroatoms. The van der Waals surface area contributed by atoms with E-state index in [1.807, 2.05) is 44.4 Å². The van der Waals surface area contributed by atoms with Crippen LogP contribution >= 0.6 is 0 Å². The first-order chi connectivity index (χ1) is 8.22. The lowest BCUT2D eigenvalue weighted by molar-refractivity contribution is 0.0768. The first kappa shape index (κ1) is 14.0. The Hall–Kier alpha value is -1.10. The van der Waals surface area contributed by atoms with E-state index in [9.17, 15) is 5.11 Å². The number of nitrogens with zero attached hydrogens (tertiary/aromatic N) is 1. The third-order valence-corrected chi connectivity index (χ3v) is 2.45. The van der Waals surface area contributed by atoms with Gasteiger partial charge in [-0.15, -0.1) is 0 Å².